The highest BCUT2D eigenvalue weighted by molar-refractivity contribution is 7.22. The number of rotatable bonds is 4. The first-order valence-electron chi connectivity index (χ1n) is 6.03. The zero-order valence-electron chi connectivity index (χ0n) is 9.74. The normalized spacial score (nSPS) is 17.3. The number of aromatic nitrogens is 1. The molecule has 17 heavy (non-hydrogen) atoms. The molecule has 1 aliphatic rings. The summed E-state index contributed by atoms with van der Waals surface area (Å²) in [7, 11) is 0. The zero-order valence-corrected chi connectivity index (χ0v) is 11.3. The van der Waals surface area contributed by atoms with E-state index in [4.69, 9.17) is 11.6 Å². The molecule has 1 aromatic carbocycles. The zero-order chi connectivity index (χ0) is 11.8. The predicted molar refractivity (Wildman–Crippen MR) is 75.1 cm³/mol. The van der Waals surface area contributed by atoms with Crippen molar-refractivity contribution in [3.63, 3.8) is 0 Å². The third kappa shape index (κ3) is 2.72. The number of hydrogen-bond acceptors (Lipinski definition) is 3. The second kappa shape index (κ2) is 4.46. The molecule has 1 atom stereocenters. The van der Waals surface area contributed by atoms with E-state index >= 15 is 0 Å². The van der Waals surface area contributed by atoms with E-state index in [1.807, 2.05) is 18.2 Å². The maximum Gasteiger partial charge on any atom is 0.183 e. The molecule has 2 nitrogen and oxygen atoms in total. The molecular weight excluding hydrogens is 252 g/mol. The molecule has 1 aromatic heterocycles. The Balaban J connectivity index is 1.75. The second-order valence-electron chi connectivity index (χ2n) is 4.86. The van der Waals surface area contributed by atoms with Crippen LogP contribution in [0, 0.1) is 5.92 Å². The van der Waals surface area contributed by atoms with Gasteiger partial charge in [-0.05, 0) is 37.5 Å². The van der Waals surface area contributed by atoms with Crippen molar-refractivity contribution in [3.8, 4) is 0 Å². The van der Waals surface area contributed by atoms with Crippen LogP contribution in [0.5, 0.6) is 0 Å². The predicted octanol–water partition coefficient (Wildman–Crippen LogP) is 4.55. The van der Waals surface area contributed by atoms with Crippen molar-refractivity contribution in [3.05, 3.63) is 23.2 Å². The van der Waals surface area contributed by atoms with Gasteiger partial charge in [-0.25, -0.2) is 4.98 Å². The van der Waals surface area contributed by atoms with E-state index in [0.717, 1.165) is 21.6 Å². The van der Waals surface area contributed by atoms with Gasteiger partial charge in [-0.2, -0.15) is 0 Å². The fraction of sp³-hybridized carbons (Fsp3) is 0.462. The summed E-state index contributed by atoms with van der Waals surface area (Å²) in [6.07, 6.45) is 4.07. The topological polar surface area (TPSA) is 24.9 Å². The summed E-state index contributed by atoms with van der Waals surface area (Å²) >= 11 is 7.66. The largest absolute Gasteiger partial charge is 0.359 e. The fourth-order valence-corrected chi connectivity index (χ4v) is 3.21. The van der Waals surface area contributed by atoms with Gasteiger partial charge in [0.25, 0.3) is 0 Å². The summed E-state index contributed by atoms with van der Waals surface area (Å²) in [5.74, 6) is 0.946. The van der Waals surface area contributed by atoms with Gasteiger partial charge in [0.15, 0.2) is 5.13 Å². The second-order valence-corrected chi connectivity index (χ2v) is 6.32. The number of anilines is 1. The number of thiazole rings is 1. The Kier molecular flexibility index (Phi) is 2.97. The number of nitrogens with zero attached hydrogens (tertiary/aromatic N) is 1. The van der Waals surface area contributed by atoms with E-state index in [9.17, 15) is 0 Å². The van der Waals surface area contributed by atoms with Crippen molar-refractivity contribution in [1.82, 2.24) is 4.98 Å². The van der Waals surface area contributed by atoms with Gasteiger partial charge in [0, 0.05) is 11.1 Å². The highest BCUT2D eigenvalue weighted by Gasteiger charge is 2.23. The van der Waals surface area contributed by atoms with Crippen LogP contribution in [0.1, 0.15) is 26.2 Å². The quantitative estimate of drug-likeness (QED) is 0.878. The van der Waals surface area contributed by atoms with Crippen molar-refractivity contribution in [2.45, 2.75) is 32.2 Å². The van der Waals surface area contributed by atoms with Crippen LogP contribution in [0.4, 0.5) is 5.13 Å². The Morgan fingerprint density at radius 2 is 2.35 bits per heavy atom. The van der Waals surface area contributed by atoms with Gasteiger partial charge < -0.3 is 5.32 Å². The molecule has 0 bridgehead atoms. The molecule has 1 fully saturated rings. The van der Waals surface area contributed by atoms with Crippen LogP contribution >= 0.6 is 22.9 Å². The highest BCUT2D eigenvalue weighted by Crippen LogP contribution is 2.35. The standard InChI is InChI=1S/C13H15ClN2S/c1-8(6-9-2-3-9)15-13-16-11-7-10(14)4-5-12(11)17-13/h4-5,7-9H,2-3,6H2,1H3,(H,15,16). The summed E-state index contributed by atoms with van der Waals surface area (Å²) in [6, 6.07) is 6.38. The minimum absolute atomic E-state index is 0.513. The molecule has 2 aromatic rings. The van der Waals surface area contributed by atoms with Gasteiger partial charge in [-0.15, -0.1) is 0 Å². The first kappa shape index (κ1) is 11.3. The van der Waals surface area contributed by atoms with Gasteiger partial charge in [0.05, 0.1) is 10.2 Å². The molecule has 0 saturated heterocycles. The molecule has 3 rings (SSSR count). The third-order valence-electron chi connectivity index (χ3n) is 3.10. The van der Waals surface area contributed by atoms with E-state index in [2.05, 4.69) is 17.2 Å². The summed E-state index contributed by atoms with van der Waals surface area (Å²) in [6.45, 7) is 2.23. The van der Waals surface area contributed by atoms with E-state index in [1.165, 1.54) is 24.0 Å². The smallest absolute Gasteiger partial charge is 0.183 e. The van der Waals surface area contributed by atoms with Gasteiger partial charge in [0.1, 0.15) is 0 Å². The van der Waals surface area contributed by atoms with Crippen LogP contribution in [0.15, 0.2) is 18.2 Å². The van der Waals surface area contributed by atoms with E-state index < -0.39 is 0 Å². The van der Waals surface area contributed by atoms with E-state index in [-0.39, 0.29) is 0 Å². The third-order valence-corrected chi connectivity index (χ3v) is 4.31. The summed E-state index contributed by atoms with van der Waals surface area (Å²) in [4.78, 5) is 4.56. The minimum atomic E-state index is 0.513. The first-order chi connectivity index (χ1) is 8.20. The van der Waals surface area contributed by atoms with Crippen LogP contribution in [-0.2, 0) is 0 Å². The van der Waals surface area contributed by atoms with E-state index in [1.54, 1.807) is 11.3 Å². The van der Waals surface area contributed by atoms with Crippen LogP contribution in [0.2, 0.25) is 5.02 Å². The van der Waals surface area contributed by atoms with Crippen molar-refractivity contribution >= 4 is 38.3 Å². The number of halogens is 1. The van der Waals surface area contributed by atoms with Gasteiger partial charge in [0.2, 0.25) is 0 Å². The Morgan fingerprint density at radius 3 is 3.12 bits per heavy atom. The summed E-state index contributed by atoms with van der Waals surface area (Å²) in [5, 5.41) is 5.25. The average molecular weight is 267 g/mol. The maximum absolute atomic E-state index is 5.95. The SMILES string of the molecule is CC(CC1CC1)Nc1nc2cc(Cl)ccc2s1. The number of benzene rings is 1. The molecule has 4 heteroatoms. The number of nitrogens with one attached hydrogen (secondary N) is 1. The summed E-state index contributed by atoms with van der Waals surface area (Å²) < 4.78 is 1.19. The Morgan fingerprint density at radius 1 is 1.53 bits per heavy atom. The van der Waals surface area contributed by atoms with Crippen molar-refractivity contribution < 1.29 is 0 Å². The molecule has 1 unspecified atom stereocenters. The lowest BCUT2D eigenvalue weighted by atomic mass is 10.2. The molecule has 1 heterocycles. The van der Waals surface area contributed by atoms with Gasteiger partial charge in [-0.3, -0.25) is 0 Å². The average Bonchev–Trinajstić information content (AvgIpc) is 2.97. The molecule has 1 N–H and O–H groups in total. The van der Waals surface area contributed by atoms with Gasteiger partial charge in [-0.1, -0.05) is 35.8 Å². The summed E-state index contributed by atoms with van der Waals surface area (Å²) in [5.41, 5.74) is 0.989. The highest BCUT2D eigenvalue weighted by atomic mass is 35.5. The molecule has 90 valence electrons. The number of fused-ring (bicyclic) bond motifs is 1. The van der Waals surface area contributed by atoms with Crippen LogP contribution < -0.4 is 5.32 Å². The molecule has 0 amide bonds. The molecule has 0 aliphatic heterocycles. The lowest BCUT2D eigenvalue weighted by Gasteiger charge is -2.11. The Hall–Kier alpha value is -0.800. The van der Waals surface area contributed by atoms with E-state index in [0.29, 0.717) is 6.04 Å². The maximum atomic E-state index is 5.95. The van der Waals surface area contributed by atoms with Crippen molar-refractivity contribution in [2.75, 3.05) is 5.32 Å². The van der Waals surface area contributed by atoms with Gasteiger partial charge >= 0.3 is 0 Å². The Labute approximate surface area is 110 Å². The lowest BCUT2D eigenvalue weighted by Crippen LogP contribution is -2.15. The first-order valence-corrected chi connectivity index (χ1v) is 7.23. The molecule has 0 radical (unpaired) electrons. The van der Waals surface area contributed by atoms with Crippen LogP contribution in [-0.4, -0.2) is 11.0 Å². The monoisotopic (exact) mass is 266 g/mol. The lowest BCUT2D eigenvalue weighted by molar-refractivity contribution is 0.642. The molecular formula is C13H15ClN2S. The van der Waals surface area contributed by atoms with Crippen molar-refractivity contribution in [2.24, 2.45) is 5.92 Å². The fourth-order valence-electron chi connectivity index (χ4n) is 2.09. The molecule has 0 spiro atoms. The number of hydrogen-bond donors (Lipinski definition) is 1. The minimum Gasteiger partial charge on any atom is -0.359 e. The molecule has 1 aliphatic carbocycles. The van der Waals surface area contributed by atoms with Crippen LogP contribution in [0.25, 0.3) is 10.2 Å². The van der Waals surface area contributed by atoms with Crippen LogP contribution in [0.3, 0.4) is 0 Å². The molecule has 1 saturated carbocycles. The van der Waals surface area contributed by atoms with Crippen molar-refractivity contribution in [1.29, 1.82) is 0 Å². The Bertz CT molecular complexity index is 533.